The molecular weight excluding hydrogens is 468 g/mol. The number of rotatable bonds is 13. The van der Waals surface area contributed by atoms with E-state index in [9.17, 15) is 30.3 Å². The number of hydrogen-bond acceptors (Lipinski definition) is 12. The number of aromatic hydroxyl groups is 5. The molecule has 0 unspecified atom stereocenters. The smallest absolute Gasteiger partial charge is 0.238 e. The standard InChI is InChI=1S/C23H26O12/c24-1-2-31-3-4-32-5-6-33-7-8-34-23-16(27)9-13(10-17(23)28)22-21(30)20(29)19-15(26)11-14(25)12-18(19)35-22/h9-12,24-28,30H,1-8H2. The van der Waals surface area contributed by atoms with Gasteiger partial charge in [-0.15, -0.1) is 0 Å². The number of hydrogen-bond donors (Lipinski definition) is 6. The molecule has 1 aromatic heterocycles. The van der Waals surface area contributed by atoms with E-state index in [1.807, 2.05) is 0 Å². The third-order valence-corrected chi connectivity index (χ3v) is 4.70. The summed E-state index contributed by atoms with van der Waals surface area (Å²) < 4.78 is 26.4. The highest BCUT2D eigenvalue weighted by Crippen LogP contribution is 2.42. The van der Waals surface area contributed by atoms with Crippen LogP contribution in [0.1, 0.15) is 0 Å². The minimum atomic E-state index is -0.961. The van der Waals surface area contributed by atoms with Gasteiger partial charge in [-0.05, 0) is 12.1 Å². The molecule has 190 valence electrons. The zero-order chi connectivity index (χ0) is 25.4. The maximum atomic E-state index is 12.5. The number of aliphatic hydroxyl groups is 1. The maximum Gasteiger partial charge on any atom is 0.238 e. The topological polar surface area (TPSA) is 189 Å². The summed E-state index contributed by atoms with van der Waals surface area (Å²) in [6.45, 7) is 1.68. The van der Waals surface area contributed by atoms with Crippen molar-refractivity contribution in [3.63, 3.8) is 0 Å². The van der Waals surface area contributed by atoms with Crippen molar-refractivity contribution < 1.29 is 54.0 Å². The predicted molar refractivity (Wildman–Crippen MR) is 121 cm³/mol. The second kappa shape index (κ2) is 12.1. The van der Waals surface area contributed by atoms with Crippen LogP contribution in [0.3, 0.4) is 0 Å². The highest BCUT2D eigenvalue weighted by molar-refractivity contribution is 5.88. The molecule has 0 aliphatic carbocycles. The van der Waals surface area contributed by atoms with Gasteiger partial charge in [-0.2, -0.15) is 0 Å². The summed E-state index contributed by atoms with van der Waals surface area (Å²) in [5, 5.41) is 58.7. The summed E-state index contributed by atoms with van der Waals surface area (Å²) in [4.78, 5) is 12.5. The lowest BCUT2D eigenvalue weighted by molar-refractivity contribution is 0.00342. The number of fused-ring (bicyclic) bond motifs is 1. The number of phenolic OH excluding ortho intramolecular Hbond substituents is 4. The van der Waals surface area contributed by atoms with Crippen LogP contribution in [0.4, 0.5) is 0 Å². The Labute approximate surface area is 198 Å². The molecule has 0 fully saturated rings. The van der Waals surface area contributed by atoms with E-state index in [2.05, 4.69) is 0 Å². The summed E-state index contributed by atoms with van der Waals surface area (Å²) in [5.41, 5.74) is -1.22. The zero-order valence-electron chi connectivity index (χ0n) is 18.6. The first-order valence-electron chi connectivity index (χ1n) is 10.6. The molecule has 0 radical (unpaired) electrons. The highest BCUT2D eigenvalue weighted by Gasteiger charge is 2.21. The van der Waals surface area contributed by atoms with Gasteiger partial charge in [0.2, 0.25) is 16.9 Å². The average molecular weight is 494 g/mol. The van der Waals surface area contributed by atoms with E-state index >= 15 is 0 Å². The van der Waals surface area contributed by atoms with Crippen molar-refractivity contribution in [3.8, 4) is 45.8 Å². The summed E-state index contributed by atoms with van der Waals surface area (Å²) in [7, 11) is 0. The van der Waals surface area contributed by atoms with E-state index in [1.165, 1.54) is 0 Å². The van der Waals surface area contributed by atoms with Gasteiger partial charge in [0.1, 0.15) is 29.1 Å². The molecule has 2 aromatic carbocycles. The van der Waals surface area contributed by atoms with Crippen LogP contribution in [0, 0.1) is 0 Å². The largest absolute Gasteiger partial charge is 0.508 e. The quantitative estimate of drug-likeness (QED) is 0.188. The molecule has 0 bridgehead atoms. The van der Waals surface area contributed by atoms with Crippen LogP contribution in [0.15, 0.2) is 33.5 Å². The fraction of sp³-hybridized carbons (Fsp3) is 0.348. The Morgan fingerprint density at radius 1 is 0.714 bits per heavy atom. The van der Waals surface area contributed by atoms with Crippen molar-refractivity contribution in [2.24, 2.45) is 0 Å². The monoisotopic (exact) mass is 494 g/mol. The summed E-state index contributed by atoms with van der Waals surface area (Å²) in [5.74, 6) is -3.43. The van der Waals surface area contributed by atoms with E-state index in [0.29, 0.717) is 19.8 Å². The van der Waals surface area contributed by atoms with Crippen molar-refractivity contribution in [3.05, 3.63) is 34.5 Å². The Kier molecular flexibility index (Phi) is 8.98. The second-order valence-electron chi connectivity index (χ2n) is 7.20. The van der Waals surface area contributed by atoms with E-state index in [0.717, 1.165) is 24.3 Å². The first kappa shape index (κ1) is 25.9. The summed E-state index contributed by atoms with van der Waals surface area (Å²) in [6.07, 6.45) is 0. The first-order valence-corrected chi connectivity index (χ1v) is 10.6. The summed E-state index contributed by atoms with van der Waals surface area (Å²) >= 11 is 0. The molecule has 35 heavy (non-hydrogen) atoms. The van der Waals surface area contributed by atoms with Gasteiger partial charge >= 0.3 is 0 Å². The number of ether oxygens (including phenoxy) is 4. The molecule has 6 N–H and O–H groups in total. The van der Waals surface area contributed by atoms with Crippen molar-refractivity contribution in [1.82, 2.24) is 0 Å². The minimum absolute atomic E-state index is 0.00502. The van der Waals surface area contributed by atoms with Crippen LogP contribution in [0.5, 0.6) is 34.5 Å². The fourth-order valence-electron chi connectivity index (χ4n) is 3.16. The van der Waals surface area contributed by atoms with Crippen molar-refractivity contribution in [2.45, 2.75) is 0 Å². The third-order valence-electron chi connectivity index (χ3n) is 4.70. The van der Waals surface area contributed by atoms with E-state index in [1.54, 1.807) is 0 Å². The van der Waals surface area contributed by atoms with Gasteiger partial charge in [0.25, 0.3) is 0 Å². The lowest BCUT2D eigenvalue weighted by Crippen LogP contribution is -2.13. The molecule has 1 heterocycles. The molecule has 0 aliphatic heterocycles. The Bertz CT molecular complexity index is 1180. The lowest BCUT2D eigenvalue weighted by atomic mass is 10.1. The molecule has 3 rings (SSSR count). The second-order valence-corrected chi connectivity index (χ2v) is 7.20. The van der Waals surface area contributed by atoms with Gasteiger partial charge in [-0.1, -0.05) is 0 Å². The average Bonchev–Trinajstić information content (AvgIpc) is 2.80. The SMILES string of the molecule is O=c1c(O)c(-c2cc(O)c(OCCOCCOCCOCCO)c(O)c2)oc2cc(O)cc(O)c12. The van der Waals surface area contributed by atoms with Crippen LogP contribution in [0.25, 0.3) is 22.3 Å². The van der Waals surface area contributed by atoms with E-state index < -0.39 is 34.2 Å². The van der Waals surface area contributed by atoms with Gasteiger partial charge < -0.3 is 54.0 Å². The van der Waals surface area contributed by atoms with Crippen LogP contribution >= 0.6 is 0 Å². The molecule has 3 aromatic rings. The van der Waals surface area contributed by atoms with Crippen molar-refractivity contribution >= 4 is 11.0 Å². The van der Waals surface area contributed by atoms with Gasteiger partial charge in [0, 0.05) is 17.7 Å². The van der Waals surface area contributed by atoms with Gasteiger partial charge in [-0.3, -0.25) is 4.79 Å². The summed E-state index contributed by atoms with van der Waals surface area (Å²) in [6, 6.07) is 4.21. The number of benzene rings is 2. The molecule has 0 amide bonds. The number of aliphatic hydroxyl groups excluding tert-OH is 1. The molecular formula is C23H26O12. The van der Waals surface area contributed by atoms with Gasteiger partial charge in [0.05, 0.1) is 46.2 Å². The fourth-order valence-corrected chi connectivity index (χ4v) is 3.16. The van der Waals surface area contributed by atoms with Crippen LogP contribution in [0.2, 0.25) is 0 Å². The minimum Gasteiger partial charge on any atom is -0.508 e. The van der Waals surface area contributed by atoms with Gasteiger partial charge in [-0.25, -0.2) is 0 Å². The van der Waals surface area contributed by atoms with Gasteiger partial charge in [0.15, 0.2) is 17.3 Å². The molecule has 12 nitrogen and oxygen atoms in total. The van der Waals surface area contributed by atoms with E-state index in [-0.39, 0.29) is 61.1 Å². The molecule has 0 aliphatic rings. The maximum absolute atomic E-state index is 12.5. The zero-order valence-corrected chi connectivity index (χ0v) is 18.6. The molecule has 0 spiro atoms. The first-order chi connectivity index (χ1) is 16.8. The molecule has 12 heteroatoms. The molecule has 0 saturated carbocycles. The van der Waals surface area contributed by atoms with Crippen LogP contribution in [-0.2, 0) is 14.2 Å². The van der Waals surface area contributed by atoms with Crippen LogP contribution < -0.4 is 10.2 Å². The highest BCUT2D eigenvalue weighted by atomic mass is 16.6. The van der Waals surface area contributed by atoms with E-state index in [4.69, 9.17) is 28.5 Å². The molecule has 0 atom stereocenters. The Morgan fingerprint density at radius 3 is 1.89 bits per heavy atom. The normalized spacial score (nSPS) is 11.2. The predicted octanol–water partition coefficient (Wildman–Crippen LogP) is 1.41. The number of phenols is 4. The Balaban J connectivity index is 1.61. The Morgan fingerprint density at radius 2 is 1.29 bits per heavy atom. The molecule has 0 saturated heterocycles. The van der Waals surface area contributed by atoms with Crippen molar-refractivity contribution in [1.29, 1.82) is 0 Å². The lowest BCUT2D eigenvalue weighted by Gasteiger charge is -2.13. The Hall–Kier alpha value is -3.71. The van der Waals surface area contributed by atoms with Crippen LogP contribution in [-0.4, -0.2) is 83.5 Å². The van der Waals surface area contributed by atoms with Crippen molar-refractivity contribution in [2.75, 3.05) is 52.9 Å². The third kappa shape index (κ3) is 6.45.